The molecule has 0 aliphatic rings. The Morgan fingerprint density at radius 1 is 1.40 bits per heavy atom. The molecule has 90 valence electrons. The Morgan fingerprint density at radius 3 is 2.27 bits per heavy atom. The Morgan fingerprint density at radius 2 is 1.93 bits per heavy atom. The summed E-state index contributed by atoms with van der Waals surface area (Å²) in [6, 6.07) is -0.431. The number of carboxylic acids is 1. The molecular formula is C8H17NO5S. The van der Waals surface area contributed by atoms with Gasteiger partial charge in [-0.15, -0.1) is 0 Å². The highest BCUT2D eigenvalue weighted by Gasteiger charge is 2.22. The highest BCUT2D eigenvalue weighted by atomic mass is 32.2. The van der Waals surface area contributed by atoms with Gasteiger partial charge in [-0.2, -0.15) is 0 Å². The van der Waals surface area contributed by atoms with Crippen LogP contribution >= 0.6 is 0 Å². The molecule has 0 bridgehead atoms. The van der Waals surface area contributed by atoms with Crippen molar-refractivity contribution in [3.8, 4) is 0 Å². The smallest absolute Gasteiger partial charge is 0.320 e. The molecular weight excluding hydrogens is 222 g/mol. The molecule has 0 aromatic carbocycles. The lowest BCUT2D eigenvalue weighted by Gasteiger charge is -2.20. The molecule has 0 aliphatic carbocycles. The van der Waals surface area contributed by atoms with E-state index in [2.05, 4.69) is 4.72 Å². The van der Waals surface area contributed by atoms with Gasteiger partial charge in [0.05, 0.1) is 0 Å². The fourth-order valence-electron chi connectivity index (χ4n) is 1.10. The van der Waals surface area contributed by atoms with Gasteiger partial charge in [0.25, 0.3) is 0 Å². The third-order valence-corrected chi connectivity index (χ3v) is 3.18. The lowest BCUT2D eigenvalue weighted by Crippen LogP contribution is -2.41. The number of carboxylic acid groups (broad SMARTS) is 1. The monoisotopic (exact) mass is 239 g/mol. The van der Waals surface area contributed by atoms with Crippen molar-refractivity contribution >= 4 is 16.0 Å². The fourth-order valence-corrected chi connectivity index (χ4v) is 2.36. The van der Waals surface area contributed by atoms with Crippen molar-refractivity contribution in [3.63, 3.8) is 0 Å². The molecule has 1 atom stereocenters. The maximum absolute atomic E-state index is 11.3. The van der Waals surface area contributed by atoms with E-state index in [0.29, 0.717) is 0 Å². The predicted octanol–water partition coefficient (Wildman–Crippen LogP) is -0.603. The van der Waals surface area contributed by atoms with E-state index in [0.717, 1.165) is 0 Å². The van der Waals surface area contributed by atoms with Crippen LogP contribution in [0.5, 0.6) is 0 Å². The summed E-state index contributed by atoms with van der Waals surface area (Å²) in [4.78, 5) is 10.3. The van der Waals surface area contributed by atoms with Gasteiger partial charge in [0.15, 0.2) is 5.75 Å². The summed E-state index contributed by atoms with van der Waals surface area (Å²) in [5, 5.41) is 17.1. The molecule has 0 aromatic heterocycles. The zero-order chi connectivity index (χ0) is 12.1. The van der Waals surface area contributed by atoms with Crippen LogP contribution in [0.25, 0.3) is 0 Å². The Balaban J connectivity index is 4.45. The van der Waals surface area contributed by atoms with Gasteiger partial charge in [-0.05, 0) is 12.3 Å². The van der Waals surface area contributed by atoms with E-state index in [1.165, 1.54) is 0 Å². The number of sulfonamides is 1. The molecule has 15 heavy (non-hydrogen) atoms. The van der Waals surface area contributed by atoms with Crippen molar-refractivity contribution in [1.82, 2.24) is 4.72 Å². The third kappa shape index (κ3) is 6.43. The van der Waals surface area contributed by atoms with Crippen LogP contribution in [0.4, 0.5) is 0 Å². The van der Waals surface area contributed by atoms with Gasteiger partial charge in [0.2, 0.25) is 10.0 Å². The predicted molar refractivity (Wildman–Crippen MR) is 54.9 cm³/mol. The first-order valence-corrected chi connectivity index (χ1v) is 6.26. The van der Waals surface area contributed by atoms with Crippen molar-refractivity contribution in [1.29, 1.82) is 0 Å². The Hall–Kier alpha value is -0.660. The van der Waals surface area contributed by atoms with Gasteiger partial charge in [0.1, 0.15) is 0 Å². The van der Waals surface area contributed by atoms with Crippen LogP contribution in [0.3, 0.4) is 0 Å². The Kier molecular flexibility index (Phi) is 5.77. The standard InChI is InChI=1S/C8H17NO5S/c1-6(2)7(3-4-10)9-15(13,14)5-8(11)12/h6-7,9-10H,3-5H2,1-2H3,(H,11,12). The summed E-state index contributed by atoms with van der Waals surface area (Å²) in [6.45, 7) is 3.45. The Bertz CT molecular complexity index is 298. The summed E-state index contributed by atoms with van der Waals surface area (Å²) in [6.07, 6.45) is 0.274. The van der Waals surface area contributed by atoms with E-state index in [1.807, 2.05) is 0 Å². The summed E-state index contributed by atoms with van der Waals surface area (Å²) < 4.78 is 24.8. The maximum atomic E-state index is 11.3. The van der Waals surface area contributed by atoms with Crippen LogP contribution in [0.2, 0.25) is 0 Å². The topological polar surface area (TPSA) is 104 Å². The number of aliphatic carboxylic acids is 1. The highest BCUT2D eigenvalue weighted by Crippen LogP contribution is 2.07. The summed E-state index contributed by atoms with van der Waals surface area (Å²) in [5.74, 6) is -2.34. The number of aliphatic hydroxyl groups excluding tert-OH is 1. The van der Waals surface area contributed by atoms with E-state index in [-0.39, 0.29) is 18.9 Å². The van der Waals surface area contributed by atoms with Crippen molar-refractivity contribution in [2.45, 2.75) is 26.3 Å². The van der Waals surface area contributed by atoms with E-state index in [1.54, 1.807) is 13.8 Å². The maximum Gasteiger partial charge on any atom is 0.320 e. The van der Waals surface area contributed by atoms with Crippen LogP contribution in [0.1, 0.15) is 20.3 Å². The number of aliphatic hydroxyl groups is 1. The van der Waals surface area contributed by atoms with E-state index in [9.17, 15) is 13.2 Å². The molecule has 0 saturated carbocycles. The Labute approximate surface area is 89.4 Å². The minimum atomic E-state index is -3.81. The number of nitrogens with one attached hydrogen (secondary N) is 1. The van der Waals surface area contributed by atoms with Gasteiger partial charge in [-0.3, -0.25) is 4.79 Å². The van der Waals surface area contributed by atoms with Crippen molar-refractivity contribution in [3.05, 3.63) is 0 Å². The van der Waals surface area contributed by atoms with Crippen LogP contribution in [0, 0.1) is 5.92 Å². The lowest BCUT2D eigenvalue weighted by molar-refractivity contribution is -0.134. The molecule has 0 aromatic rings. The first-order chi connectivity index (χ1) is 6.78. The largest absolute Gasteiger partial charge is 0.480 e. The van der Waals surface area contributed by atoms with Gasteiger partial charge in [-0.1, -0.05) is 13.8 Å². The van der Waals surface area contributed by atoms with Gasteiger partial charge < -0.3 is 10.2 Å². The second-order valence-electron chi connectivity index (χ2n) is 3.63. The van der Waals surface area contributed by atoms with E-state index in [4.69, 9.17) is 10.2 Å². The summed E-state index contributed by atoms with van der Waals surface area (Å²) in [5.41, 5.74) is 0. The van der Waals surface area contributed by atoms with Crippen LogP contribution in [-0.4, -0.2) is 43.0 Å². The lowest BCUT2D eigenvalue weighted by atomic mass is 10.0. The average molecular weight is 239 g/mol. The van der Waals surface area contributed by atoms with E-state index >= 15 is 0 Å². The molecule has 7 heteroatoms. The van der Waals surface area contributed by atoms with Crippen molar-refractivity contribution in [2.75, 3.05) is 12.4 Å². The fraction of sp³-hybridized carbons (Fsp3) is 0.875. The number of carbonyl (C=O) groups is 1. The molecule has 0 rings (SSSR count). The third-order valence-electron chi connectivity index (χ3n) is 1.89. The normalized spacial score (nSPS) is 14.1. The van der Waals surface area contributed by atoms with Crippen LogP contribution < -0.4 is 4.72 Å². The van der Waals surface area contributed by atoms with Crippen molar-refractivity contribution in [2.24, 2.45) is 5.92 Å². The molecule has 6 nitrogen and oxygen atoms in total. The average Bonchev–Trinajstić information content (AvgIpc) is 2.00. The molecule has 0 spiro atoms. The minimum Gasteiger partial charge on any atom is -0.480 e. The SMILES string of the molecule is CC(C)C(CCO)NS(=O)(=O)CC(=O)O. The first kappa shape index (κ1) is 14.3. The molecule has 3 N–H and O–H groups in total. The molecule has 0 heterocycles. The molecule has 0 amide bonds. The highest BCUT2D eigenvalue weighted by molar-refractivity contribution is 7.90. The van der Waals surface area contributed by atoms with Crippen LogP contribution in [0.15, 0.2) is 0 Å². The minimum absolute atomic E-state index is 0.000667. The first-order valence-electron chi connectivity index (χ1n) is 4.61. The number of rotatable bonds is 7. The molecule has 0 fully saturated rings. The van der Waals surface area contributed by atoms with Gasteiger partial charge in [0, 0.05) is 12.6 Å². The molecule has 1 unspecified atom stereocenters. The summed E-state index contributed by atoms with van der Waals surface area (Å²) in [7, 11) is -3.81. The number of hydrogen-bond donors (Lipinski definition) is 3. The second kappa shape index (κ2) is 6.04. The summed E-state index contributed by atoms with van der Waals surface area (Å²) >= 11 is 0. The van der Waals surface area contributed by atoms with Gasteiger partial charge >= 0.3 is 5.97 Å². The molecule has 0 saturated heterocycles. The molecule has 0 radical (unpaired) electrons. The zero-order valence-corrected chi connectivity index (χ0v) is 9.62. The zero-order valence-electron chi connectivity index (χ0n) is 8.80. The van der Waals surface area contributed by atoms with Gasteiger partial charge in [-0.25, -0.2) is 13.1 Å². The van der Waals surface area contributed by atoms with E-state index < -0.39 is 27.8 Å². The molecule has 0 aliphatic heterocycles. The quantitative estimate of drug-likeness (QED) is 0.550. The van der Waals surface area contributed by atoms with Crippen LogP contribution in [-0.2, 0) is 14.8 Å². The number of hydrogen-bond acceptors (Lipinski definition) is 4. The van der Waals surface area contributed by atoms with Crippen molar-refractivity contribution < 1.29 is 23.4 Å². The second-order valence-corrected chi connectivity index (χ2v) is 5.39.